The van der Waals surface area contributed by atoms with Gasteiger partial charge in [0, 0.05) is 10.0 Å². The van der Waals surface area contributed by atoms with E-state index in [0.717, 1.165) is 4.31 Å². The molecule has 0 unspecified atom stereocenters. The topological polar surface area (TPSA) is 84.9 Å². The molecule has 0 bridgehead atoms. The largest absolute Gasteiger partial charge is 0.495 e. The summed E-state index contributed by atoms with van der Waals surface area (Å²) >= 11 is 12.4. The molecule has 0 atom stereocenters. The van der Waals surface area contributed by atoms with Gasteiger partial charge in [0.25, 0.3) is 10.0 Å². The molecule has 0 aliphatic rings. The molecule has 0 radical (unpaired) electrons. The highest BCUT2D eigenvalue weighted by Gasteiger charge is 2.31. The maximum absolute atomic E-state index is 13.9. The first-order valence-electron chi connectivity index (χ1n) is 11.4. The van der Waals surface area contributed by atoms with E-state index in [1.54, 1.807) is 55.5 Å². The van der Waals surface area contributed by atoms with E-state index in [4.69, 9.17) is 32.7 Å². The van der Waals surface area contributed by atoms with E-state index >= 15 is 0 Å². The van der Waals surface area contributed by atoms with Crippen molar-refractivity contribution in [2.75, 3.05) is 23.3 Å². The number of amides is 1. The lowest BCUT2D eigenvalue weighted by molar-refractivity contribution is -0.114. The summed E-state index contributed by atoms with van der Waals surface area (Å²) in [6.45, 7) is 1.19. The van der Waals surface area contributed by atoms with E-state index in [1.165, 1.54) is 31.4 Å². The highest BCUT2D eigenvalue weighted by Crippen LogP contribution is 2.34. The number of nitrogens with one attached hydrogen (secondary N) is 1. The van der Waals surface area contributed by atoms with Crippen LogP contribution in [0.1, 0.15) is 5.56 Å². The van der Waals surface area contributed by atoms with Gasteiger partial charge in [-0.15, -0.1) is 0 Å². The molecule has 10 heteroatoms. The van der Waals surface area contributed by atoms with Crippen molar-refractivity contribution in [3.8, 4) is 17.2 Å². The van der Waals surface area contributed by atoms with E-state index in [9.17, 15) is 13.2 Å². The van der Waals surface area contributed by atoms with Crippen molar-refractivity contribution in [1.29, 1.82) is 0 Å². The minimum atomic E-state index is -4.30. The van der Waals surface area contributed by atoms with Crippen molar-refractivity contribution in [1.82, 2.24) is 0 Å². The third-order valence-electron chi connectivity index (χ3n) is 5.44. The van der Waals surface area contributed by atoms with Crippen LogP contribution in [0.4, 0.5) is 11.4 Å². The van der Waals surface area contributed by atoms with Crippen molar-refractivity contribution in [2.45, 2.75) is 11.8 Å². The van der Waals surface area contributed by atoms with Crippen molar-refractivity contribution in [2.24, 2.45) is 0 Å². The van der Waals surface area contributed by atoms with Gasteiger partial charge in [-0.3, -0.25) is 9.10 Å². The van der Waals surface area contributed by atoms with Crippen molar-refractivity contribution in [3.05, 3.63) is 107 Å². The fourth-order valence-electron chi connectivity index (χ4n) is 3.70. The third-order valence-corrected chi connectivity index (χ3v) is 7.67. The average Bonchev–Trinajstić information content (AvgIpc) is 2.88. The first-order valence-corrected chi connectivity index (χ1v) is 13.6. The van der Waals surface area contributed by atoms with Gasteiger partial charge in [-0.25, -0.2) is 8.42 Å². The minimum absolute atomic E-state index is 0.100. The fraction of sp³-hybridized carbons (Fsp3) is 0.107. The predicted molar refractivity (Wildman–Crippen MR) is 150 cm³/mol. The highest BCUT2D eigenvalue weighted by atomic mass is 35.5. The van der Waals surface area contributed by atoms with Crippen LogP contribution in [0.15, 0.2) is 95.9 Å². The standard InChI is InChI=1S/C28H24Cl2N2O5S/c1-19-12-13-26(36-2)27(14-19)38(34,35)32(22-16-20(29)15-21(30)17-22)18-28(33)31-24-10-6-7-11-25(24)37-23-8-4-3-5-9-23/h3-17H,18H2,1-2H3,(H,31,33). The number of halogens is 2. The number of rotatable bonds is 9. The Hall–Kier alpha value is -3.72. The molecule has 0 aliphatic carbocycles. The number of aryl methyl sites for hydroxylation is 1. The lowest BCUT2D eigenvalue weighted by Crippen LogP contribution is -2.38. The summed E-state index contributed by atoms with van der Waals surface area (Å²) in [5.41, 5.74) is 1.19. The molecule has 0 aromatic heterocycles. The summed E-state index contributed by atoms with van der Waals surface area (Å²) in [5, 5.41) is 3.18. The summed E-state index contributed by atoms with van der Waals surface area (Å²) in [6.07, 6.45) is 0. The molecule has 38 heavy (non-hydrogen) atoms. The zero-order valence-corrected chi connectivity index (χ0v) is 22.8. The molecule has 0 heterocycles. The van der Waals surface area contributed by atoms with E-state index in [0.29, 0.717) is 22.7 Å². The molecule has 4 rings (SSSR count). The van der Waals surface area contributed by atoms with Gasteiger partial charge >= 0.3 is 0 Å². The summed E-state index contributed by atoms with van der Waals surface area (Å²) in [7, 11) is -2.92. The van der Waals surface area contributed by atoms with E-state index in [2.05, 4.69) is 5.32 Å². The maximum Gasteiger partial charge on any atom is 0.268 e. The number of carbonyl (C=O) groups excluding carboxylic acids is 1. The molecule has 0 fully saturated rings. The zero-order chi connectivity index (χ0) is 27.3. The number of nitrogens with zero attached hydrogens (tertiary/aromatic N) is 1. The van der Waals surface area contributed by atoms with Crippen LogP contribution in [0.5, 0.6) is 17.2 Å². The number of benzene rings is 4. The Bertz CT molecular complexity index is 1540. The Morgan fingerprint density at radius 1 is 0.868 bits per heavy atom. The Labute approximate surface area is 231 Å². The van der Waals surface area contributed by atoms with E-state index in [-0.39, 0.29) is 26.4 Å². The van der Waals surface area contributed by atoms with Crippen LogP contribution in [-0.4, -0.2) is 28.0 Å². The zero-order valence-electron chi connectivity index (χ0n) is 20.5. The first-order chi connectivity index (χ1) is 18.2. The monoisotopic (exact) mass is 570 g/mol. The van der Waals surface area contributed by atoms with Gasteiger partial charge in [0.05, 0.1) is 18.5 Å². The normalized spacial score (nSPS) is 11.1. The second-order valence-electron chi connectivity index (χ2n) is 8.25. The molecule has 0 spiro atoms. The molecule has 4 aromatic carbocycles. The SMILES string of the molecule is COc1ccc(C)cc1S(=O)(=O)N(CC(=O)Nc1ccccc1Oc1ccccc1)c1cc(Cl)cc(Cl)c1. The Kier molecular flexibility index (Phi) is 8.46. The molecule has 196 valence electrons. The lowest BCUT2D eigenvalue weighted by Gasteiger charge is -2.25. The van der Waals surface area contributed by atoms with Crippen LogP contribution in [0.3, 0.4) is 0 Å². The molecule has 1 amide bonds. The second-order valence-corrected chi connectivity index (χ2v) is 11.0. The molecule has 1 N–H and O–H groups in total. The van der Waals surface area contributed by atoms with E-state index < -0.39 is 22.5 Å². The Morgan fingerprint density at radius 2 is 1.53 bits per heavy atom. The smallest absolute Gasteiger partial charge is 0.268 e. The molecule has 4 aromatic rings. The molecular weight excluding hydrogens is 547 g/mol. The number of hydrogen-bond acceptors (Lipinski definition) is 5. The second kappa shape index (κ2) is 11.8. The summed E-state index contributed by atoms with van der Waals surface area (Å²) in [5.74, 6) is 0.502. The van der Waals surface area contributed by atoms with Crippen LogP contribution in [0, 0.1) is 6.92 Å². The van der Waals surface area contributed by atoms with Crippen molar-refractivity contribution < 1.29 is 22.7 Å². The van der Waals surface area contributed by atoms with Crippen LogP contribution in [0.25, 0.3) is 0 Å². The molecule has 0 saturated heterocycles. The Balaban J connectivity index is 1.70. The van der Waals surface area contributed by atoms with Gasteiger partial charge in [-0.1, -0.05) is 59.6 Å². The van der Waals surface area contributed by atoms with Gasteiger partial charge in [0.2, 0.25) is 5.91 Å². The summed E-state index contributed by atoms with van der Waals surface area (Å²) in [4.78, 5) is 13.2. The number of ether oxygens (including phenoxy) is 2. The van der Waals surface area contributed by atoms with Gasteiger partial charge < -0.3 is 14.8 Å². The minimum Gasteiger partial charge on any atom is -0.495 e. The number of para-hydroxylation sites is 3. The highest BCUT2D eigenvalue weighted by molar-refractivity contribution is 7.93. The molecule has 0 aliphatic heterocycles. The van der Waals surface area contributed by atoms with Crippen LogP contribution >= 0.6 is 23.2 Å². The molecule has 0 saturated carbocycles. The number of methoxy groups -OCH3 is 1. The average molecular weight is 571 g/mol. The first kappa shape index (κ1) is 27.3. The van der Waals surface area contributed by atoms with Gasteiger partial charge in [0.1, 0.15) is 22.9 Å². The fourth-order valence-corrected chi connectivity index (χ4v) is 5.86. The molecule has 7 nitrogen and oxygen atoms in total. The predicted octanol–water partition coefficient (Wildman–Crippen LogP) is 6.94. The lowest BCUT2D eigenvalue weighted by atomic mass is 10.2. The maximum atomic E-state index is 13.9. The quantitative estimate of drug-likeness (QED) is 0.235. The number of anilines is 2. The van der Waals surface area contributed by atoms with Crippen LogP contribution in [-0.2, 0) is 14.8 Å². The summed E-state index contributed by atoms with van der Waals surface area (Å²) in [6, 6.07) is 25.0. The van der Waals surface area contributed by atoms with Gasteiger partial charge in [-0.05, 0) is 67.1 Å². The number of carbonyl (C=O) groups is 1. The van der Waals surface area contributed by atoms with Crippen molar-refractivity contribution in [3.63, 3.8) is 0 Å². The number of hydrogen-bond donors (Lipinski definition) is 1. The Morgan fingerprint density at radius 3 is 2.21 bits per heavy atom. The number of sulfonamides is 1. The van der Waals surface area contributed by atoms with Gasteiger partial charge in [0.15, 0.2) is 5.75 Å². The van der Waals surface area contributed by atoms with Crippen molar-refractivity contribution >= 4 is 50.5 Å². The van der Waals surface area contributed by atoms with Gasteiger partial charge in [-0.2, -0.15) is 0 Å². The van der Waals surface area contributed by atoms with Crippen LogP contribution < -0.4 is 19.1 Å². The molecular formula is C28H24Cl2N2O5S. The summed E-state index contributed by atoms with van der Waals surface area (Å²) < 4.78 is 40.1. The van der Waals surface area contributed by atoms with E-state index in [1.807, 2.05) is 18.2 Å². The third kappa shape index (κ3) is 6.39. The van der Waals surface area contributed by atoms with Crippen LogP contribution in [0.2, 0.25) is 10.0 Å².